The first-order valence-electron chi connectivity index (χ1n) is 27.5. The van der Waals surface area contributed by atoms with E-state index >= 15 is 0 Å². The number of carbonyl (C=O) groups excluding carboxylic acids is 3. The van der Waals surface area contributed by atoms with Crippen LogP contribution in [0, 0.1) is 0 Å². The summed E-state index contributed by atoms with van der Waals surface area (Å²) in [6.45, 7) is 6.62. The van der Waals surface area contributed by atoms with Crippen LogP contribution >= 0.6 is 0 Å². The molecule has 0 aromatic carbocycles. The Morgan fingerprint density at radius 2 is 0.571 bits per heavy atom. The zero-order valence-corrected chi connectivity index (χ0v) is 42.1. The molecule has 6 nitrogen and oxygen atoms in total. The van der Waals surface area contributed by atoms with Gasteiger partial charge in [0.1, 0.15) is 13.2 Å². The van der Waals surface area contributed by atoms with Gasteiger partial charge in [0.25, 0.3) is 0 Å². The van der Waals surface area contributed by atoms with Gasteiger partial charge in [-0.15, -0.1) is 0 Å². The molecular weight excluding hydrogens is 781 g/mol. The maximum atomic E-state index is 12.8. The highest BCUT2D eigenvalue weighted by Gasteiger charge is 2.19. The number of esters is 3. The molecule has 0 bridgehead atoms. The summed E-state index contributed by atoms with van der Waals surface area (Å²) < 4.78 is 16.8. The first kappa shape index (κ1) is 60.6. The van der Waals surface area contributed by atoms with Crippen LogP contribution in [-0.4, -0.2) is 37.2 Å². The summed E-state index contributed by atoms with van der Waals surface area (Å²) in [6.07, 6.45) is 61.2. The second kappa shape index (κ2) is 52.3. The number of rotatable bonds is 50. The smallest absolute Gasteiger partial charge is 0.306 e. The first-order chi connectivity index (χ1) is 31.0. The largest absolute Gasteiger partial charge is 0.462 e. The van der Waals surface area contributed by atoms with Gasteiger partial charge in [0.05, 0.1) is 0 Å². The highest BCUT2D eigenvalue weighted by atomic mass is 16.6. The lowest BCUT2D eigenvalue weighted by atomic mass is 10.0. The number of unbranched alkanes of at least 4 members (excludes halogenated alkanes) is 33. The first-order valence-corrected chi connectivity index (χ1v) is 27.5. The summed E-state index contributed by atoms with van der Waals surface area (Å²) >= 11 is 0. The Labute approximate surface area is 391 Å². The fourth-order valence-electron chi connectivity index (χ4n) is 7.94. The van der Waals surface area contributed by atoms with E-state index in [1.54, 1.807) is 0 Å². The Balaban J connectivity index is 4.38. The van der Waals surface area contributed by atoms with Crippen LogP contribution in [0.25, 0.3) is 0 Å². The van der Waals surface area contributed by atoms with E-state index in [4.69, 9.17) is 14.2 Å². The molecule has 6 heteroatoms. The maximum Gasteiger partial charge on any atom is 0.306 e. The van der Waals surface area contributed by atoms with Crippen LogP contribution in [-0.2, 0) is 28.6 Å². The van der Waals surface area contributed by atoms with Crippen molar-refractivity contribution in [3.63, 3.8) is 0 Å². The SMILES string of the molecule is CCCCC/C=C\C/C=C\CCCCCCCC(=O)OC[C@H](COC(=O)CCCCCCC/C=C\CCCCCCCC)OC(=O)CCCCCCCCCCCCCCCCC. The van der Waals surface area contributed by atoms with Crippen LogP contribution < -0.4 is 0 Å². The van der Waals surface area contributed by atoms with Gasteiger partial charge in [0.2, 0.25) is 0 Å². The number of hydrogen-bond acceptors (Lipinski definition) is 6. The van der Waals surface area contributed by atoms with E-state index in [2.05, 4.69) is 57.2 Å². The Morgan fingerprint density at radius 3 is 0.921 bits per heavy atom. The molecule has 0 aliphatic rings. The van der Waals surface area contributed by atoms with Crippen LogP contribution in [0.1, 0.15) is 290 Å². The molecule has 0 radical (unpaired) electrons. The normalized spacial score (nSPS) is 12.2. The van der Waals surface area contributed by atoms with Gasteiger partial charge in [0, 0.05) is 19.3 Å². The Morgan fingerprint density at radius 1 is 0.317 bits per heavy atom. The van der Waals surface area contributed by atoms with Crippen molar-refractivity contribution in [3.05, 3.63) is 36.5 Å². The van der Waals surface area contributed by atoms with Crippen LogP contribution in [0.2, 0.25) is 0 Å². The predicted octanol–water partition coefficient (Wildman–Crippen LogP) is 18.1. The third-order valence-electron chi connectivity index (χ3n) is 12.1. The van der Waals surface area contributed by atoms with Gasteiger partial charge < -0.3 is 14.2 Å². The number of allylic oxidation sites excluding steroid dienone is 6. The minimum Gasteiger partial charge on any atom is -0.462 e. The molecule has 0 saturated carbocycles. The van der Waals surface area contributed by atoms with Crippen LogP contribution in [0.15, 0.2) is 36.5 Å². The zero-order valence-electron chi connectivity index (χ0n) is 42.1. The molecule has 0 amide bonds. The van der Waals surface area contributed by atoms with Gasteiger partial charge in [-0.3, -0.25) is 14.4 Å². The lowest BCUT2D eigenvalue weighted by Gasteiger charge is -2.18. The second-order valence-corrected chi connectivity index (χ2v) is 18.5. The van der Waals surface area contributed by atoms with Gasteiger partial charge in [-0.25, -0.2) is 0 Å². The minimum absolute atomic E-state index is 0.0779. The van der Waals surface area contributed by atoms with E-state index in [1.165, 1.54) is 167 Å². The molecule has 0 unspecified atom stereocenters. The van der Waals surface area contributed by atoms with E-state index in [9.17, 15) is 14.4 Å². The van der Waals surface area contributed by atoms with Gasteiger partial charge in [-0.05, 0) is 77.0 Å². The third-order valence-corrected chi connectivity index (χ3v) is 12.1. The van der Waals surface area contributed by atoms with Gasteiger partial charge in [-0.1, -0.05) is 231 Å². The summed E-state index contributed by atoms with van der Waals surface area (Å²) in [5, 5.41) is 0. The quantitative estimate of drug-likeness (QED) is 0.0262. The van der Waals surface area contributed by atoms with Crippen molar-refractivity contribution >= 4 is 17.9 Å². The van der Waals surface area contributed by atoms with E-state index in [-0.39, 0.29) is 31.1 Å². The lowest BCUT2D eigenvalue weighted by molar-refractivity contribution is -0.167. The van der Waals surface area contributed by atoms with E-state index in [1.807, 2.05) is 0 Å². The molecule has 368 valence electrons. The van der Waals surface area contributed by atoms with Crippen LogP contribution in [0.4, 0.5) is 0 Å². The number of carbonyl (C=O) groups is 3. The number of hydrogen-bond donors (Lipinski definition) is 0. The number of ether oxygens (including phenoxy) is 3. The van der Waals surface area contributed by atoms with Crippen LogP contribution in [0.5, 0.6) is 0 Å². The zero-order chi connectivity index (χ0) is 45.8. The monoisotopic (exact) mass is 885 g/mol. The molecule has 0 spiro atoms. The van der Waals surface area contributed by atoms with Gasteiger partial charge in [-0.2, -0.15) is 0 Å². The predicted molar refractivity (Wildman–Crippen MR) is 270 cm³/mol. The summed E-state index contributed by atoms with van der Waals surface area (Å²) in [5.41, 5.74) is 0. The van der Waals surface area contributed by atoms with Crippen LogP contribution in [0.3, 0.4) is 0 Å². The second-order valence-electron chi connectivity index (χ2n) is 18.5. The molecule has 0 saturated heterocycles. The Hall–Kier alpha value is -2.37. The molecule has 0 rings (SSSR count). The molecule has 0 aromatic rings. The molecule has 63 heavy (non-hydrogen) atoms. The molecular formula is C57H104O6. The van der Waals surface area contributed by atoms with Crippen molar-refractivity contribution in [2.24, 2.45) is 0 Å². The summed E-state index contributed by atoms with van der Waals surface area (Å²) in [7, 11) is 0. The van der Waals surface area contributed by atoms with E-state index in [0.29, 0.717) is 19.3 Å². The Bertz CT molecular complexity index is 1060. The van der Waals surface area contributed by atoms with Crippen molar-refractivity contribution in [1.29, 1.82) is 0 Å². The topological polar surface area (TPSA) is 78.9 Å². The summed E-state index contributed by atoms with van der Waals surface area (Å²) in [4.78, 5) is 38.0. The van der Waals surface area contributed by atoms with E-state index < -0.39 is 6.10 Å². The van der Waals surface area contributed by atoms with Crippen molar-refractivity contribution in [3.8, 4) is 0 Å². The van der Waals surface area contributed by atoms with Crippen molar-refractivity contribution in [2.45, 2.75) is 297 Å². The average molecular weight is 885 g/mol. The fourth-order valence-corrected chi connectivity index (χ4v) is 7.94. The highest BCUT2D eigenvalue weighted by molar-refractivity contribution is 5.71. The summed E-state index contributed by atoms with van der Waals surface area (Å²) in [6, 6.07) is 0. The molecule has 0 heterocycles. The van der Waals surface area contributed by atoms with E-state index in [0.717, 1.165) is 83.5 Å². The standard InChI is InChI=1S/C57H104O6/c1-4-7-10-13-16-19-22-25-28-31-34-37-40-43-46-49-55(58)61-52-54(63-57(60)51-48-45-42-39-36-33-30-27-24-21-18-15-12-9-6-3)53-62-56(59)50-47-44-41-38-35-32-29-26-23-20-17-14-11-8-5-2/h16,19,25-26,28-29,54H,4-15,17-18,20-24,27,30-53H2,1-3H3/b19-16-,28-25-,29-26-/t54-/m1/s1. The lowest BCUT2D eigenvalue weighted by Crippen LogP contribution is -2.30. The third kappa shape index (κ3) is 50.5. The molecule has 0 N–H and O–H groups in total. The van der Waals surface area contributed by atoms with Crippen molar-refractivity contribution < 1.29 is 28.6 Å². The fraction of sp³-hybridized carbons (Fsp3) is 0.842. The van der Waals surface area contributed by atoms with Gasteiger partial charge in [0.15, 0.2) is 6.10 Å². The molecule has 0 fully saturated rings. The Kier molecular flexibility index (Phi) is 50.3. The van der Waals surface area contributed by atoms with Crippen molar-refractivity contribution in [2.75, 3.05) is 13.2 Å². The molecule has 0 aliphatic carbocycles. The molecule has 0 aromatic heterocycles. The maximum absolute atomic E-state index is 12.8. The average Bonchev–Trinajstić information content (AvgIpc) is 3.28. The molecule has 1 atom stereocenters. The highest BCUT2D eigenvalue weighted by Crippen LogP contribution is 2.16. The van der Waals surface area contributed by atoms with Crippen molar-refractivity contribution in [1.82, 2.24) is 0 Å². The molecule has 0 aliphatic heterocycles. The van der Waals surface area contributed by atoms with Gasteiger partial charge >= 0.3 is 17.9 Å². The minimum atomic E-state index is -0.777. The summed E-state index contributed by atoms with van der Waals surface area (Å²) in [5.74, 6) is -0.885.